The van der Waals surface area contributed by atoms with E-state index >= 15 is 0 Å². The normalized spacial score (nSPS) is 17.0. The van der Waals surface area contributed by atoms with Gasteiger partial charge in [0.2, 0.25) is 0 Å². The maximum absolute atomic E-state index is 10.1. The van der Waals surface area contributed by atoms with Gasteiger partial charge >= 0.3 is 0 Å². The molecular weight excluding hydrogens is 240 g/mol. The Morgan fingerprint density at radius 3 is 2.79 bits per heavy atom. The van der Waals surface area contributed by atoms with Crippen molar-refractivity contribution in [2.45, 2.75) is 12.5 Å². The first-order valence-electron chi connectivity index (χ1n) is 6.43. The Kier molecular flexibility index (Phi) is 3.37. The smallest absolute Gasteiger partial charge is 0.151 e. The minimum absolute atomic E-state index is 0.428. The summed E-state index contributed by atoms with van der Waals surface area (Å²) >= 11 is 0. The first-order valence-corrected chi connectivity index (χ1v) is 6.43. The molecule has 0 amide bonds. The van der Waals surface area contributed by atoms with E-state index in [9.17, 15) is 5.11 Å². The maximum atomic E-state index is 10.1. The molecule has 1 aliphatic rings. The molecule has 0 radical (unpaired) electrons. The molecule has 0 saturated carbocycles. The Morgan fingerprint density at radius 1 is 1.26 bits per heavy atom. The average Bonchev–Trinajstić information content (AvgIpc) is 2.44. The van der Waals surface area contributed by atoms with Gasteiger partial charge in [-0.05, 0) is 36.1 Å². The molecule has 5 heteroatoms. The van der Waals surface area contributed by atoms with E-state index in [-0.39, 0.29) is 0 Å². The van der Waals surface area contributed by atoms with Gasteiger partial charge in [-0.2, -0.15) is 5.10 Å². The topological polar surface area (TPSA) is 62.1 Å². The van der Waals surface area contributed by atoms with Crippen LogP contribution in [-0.2, 0) is 0 Å². The fourth-order valence-corrected chi connectivity index (χ4v) is 2.39. The van der Waals surface area contributed by atoms with Gasteiger partial charge in [0.1, 0.15) is 0 Å². The Hall–Kier alpha value is -2.01. The highest BCUT2D eigenvalue weighted by Gasteiger charge is 2.29. The number of nitrogens with zero attached hydrogens (tertiary/aromatic N) is 4. The number of hydrogen-bond donors (Lipinski definition) is 1. The van der Waals surface area contributed by atoms with Crippen molar-refractivity contribution in [1.29, 1.82) is 0 Å². The van der Waals surface area contributed by atoms with Gasteiger partial charge in [-0.3, -0.25) is 4.98 Å². The third kappa shape index (κ3) is 2.71. The summed E-state index contributed by atoms with van der Waals surface area (Å²) in [5.41, 5.74) is 0.889. The molecule has 98 valence electrons. The molecule has 3 heterocycles. The maximum Gasteiger partial charge on any atom is 0.151 e. The van der Waals surface area contributed by atoms with Crippen LogP contribution in [0, 0.1) is 5.92 Å². The molecule has 0 spiro atoms. The monoisotopic (exact) mass is 256 g/mol. The number of aliphatic hydroxyl groups excluding tert-OH is 1. The van der Waals surface area contributed by atoms with Crippen LogP contribution in [0.1, 0.15) is 18.1 Å². The summed E-state index contributed by atoms with van der Waals surface area (Å²) in [5.74, 6) is 1.41. The lowest BCUT2D eigenvalue weighted by molar-refractivity contribution is 0.134. The number of pyridine rings is 1. The molecule has 3 rings (SSSR count). The van der Waals surface area contributed by atoms with Crippen LogP contribution in [0.5, 0.6) is 0 Å². The highest BCUT2D eigenvalue weighted by Crippen LogP contribution is 2.29. The second-order valence-corrected chi connectivity index (χ2v) is 4.89. The van der Waals surface area contributed by atoms with E-state index in [2.05, 4.69) is 20.1 Å². The van der Waals surface area contributed by atoms with Crippen LogP contribution in [-0.4, -0.2) is 33.4 Å². The van der Waals surface area contributed by atoms with Crippen LogP contribution in [0.25, 0.3) is 0 Å². The summed E-state index contributed by atoms with van der Waals surface area (Å²) in [6.07, 6.45) is 5.46. The van der Waals surface area contributed by atoms with E-state index in [1.54, 1.807) is 18.6 Å². The zero-order chi connectivity index (χ0) is 13.1. The molecular formula is C14H16N4O. The number of rotatable bonds is 4. The van der Waals surface area contributed by atoms with Crippen molar-refractivity contribution in [3.8, 4) is 0 Å². The first-order chi connectivity index (χ1) is 9.33. The molecule has 2 aromatic rings. The average molecular weight is 256 g/mol. The SMILES string of the molecule is OC(CC1CN(c2cccnn2)C1)c1cccnc1. The summed E-state index contributed by atoms with van der Waals surface area (Å²) in [6, 6.07) is 7.61. The minimum atomic E-state index is -0.428. The lowest BCUT2D eigenvalue weighted by Gasteiger charge is -2.40. The van der Waals surface area contributed by atoms with Crippen molar-refractivity contribution < 1.29 is 5.11 Å². The van der Waals surface area contributed by atoms with Crippen molar-refractivity contribution in [3.05, 3.63) is 48.4 Å². The van der Waals surface area contributed by atoms with Crippen LogP contribution in [0.15, 0.2) is 42.9 Å². The van der Waals surface area contributed by atoms with Crippen LogP contribution >= 0.6 is 0 Å². The van der Waals surface area contributed by atoms with Crippen molar-refractivity contribution in [3.63, 3.8) is 0 Å². The van der Waals surface area contributed by atoms with Gasteiger partial charge in [0.15, 0.2) is 5.82 Å². The summed E-state index contributed by atoms with van der Waals surface area (Å²) in [7, 11) is 0. The van der Waals surface area contributed by atoms with Gasteiger partial charge in [0.05, 0.1) is 6.10 Å². The lowest BCUT2D eigenvalue weighted by atomic mass is 9.91. The molecule has 5 nitrogen and oxygen atoms in total. The molecule has 1 saturated heterocycles. The van der Waals surface area contributed by atoms with Gasteiger partial charge in [0.25, 0.3) is 0 Å². The highest BCUT2D eigenvalue weighted by molar-refractivity contribution is 5.39. The third-order valence-electron chi connectivity index (χ3n) is 3.47. The largest absolute Gasteiger partial charge is 0.388 e. The molecule has 1 fully saturated rings. The van der Waals surface area contributed by atoms with Crippen molar-refractivity contribution in [2.24, 2.45) is 5.92 Å². The van der Waals surface area contributed by atoms with E-state index in [0.29, 0.717) is 5.92 Å². The van der Waals surface area contributed by atoms with Crippen molar-refractivity contribution in [2.75, 3.05) is 18.0 Å². The van der Waals surface area contributed by atoms with Gasteiger partial charge in [-0.25, -0.2) is 0 Å². The molecule has 1 N–H and O–H groups in total. The molecule has 1 unspecified atom stereocenters. The van der Waals surface area contributed by atoms with Crippen LogP contribution in [0.2, 0.25) is 0 Å². The number of aromatic nitrogens is 3. The predicted molar refractivity (Wildman–Crippen MR) is 71.5 cm³/mol. The molecule has 2 aromatic heterocycles. The molecule has 1 atom stereocenters. The Morgan fingerprint density at radius 2 is 2.11 bits per heavy atom. The highest BCUT2D eigenvalue weighted by atomic mass is 16.3. The Bertz CT molecular complexity index is 513. The number of hydrogen-bond acceptors (Lipinski definition) is 5. The van der Waals surface area contributed by atoms with E-state index in [0.717, 1.165) is 30.9 Å². The van der Waals surface area contributed by atoms with Gasteiger partial charge < -0.3 is 10.0 Å². The van der Waals surface area contributed by atoms with E-state index < -0.39 is 6.10 Å². The van der Waals surface area contributed by atoms with E-state index in [1.165, 1.54) is 0 Å². The molecule has 1 aliphatic heterocycles. The van der Waals surface area contributed by atoms with Gasteiger partial charge in [-0.1, -0.05) is 6.07 Å². The van der Waals surface area contributed by atoms with Crippen LogP contribution in [0.4, 0.5) is 5.82 Å². The van der Waals surface area contributed by atoms with Gasteiger partial charge in [-0.15, -0.1) is 5.10 Å². The van der Waals surface area contributed by atoms with Gasteiger partial charge in [0, 0.05) is 31.7 Å². The third-order valence-corrected chi connectivity index (χ3v) is 3.47. The van der Waals surface area contributed by atoms with Crippen LogP contribution in [0.3, 0.4) is 0 Å². The summed E-state index contributed by atoms with van der Waals surface area (Å²) in [4.78, 5) is 6.20. The zero-order valence-corrected chi connectivity index (χ0v) is 10.6. The quantitative estimate of drug-likeness (QED) is 0.896. The Balaban J connectivity index is 1.52. The Labute approximate surface area is 111 Å². The lowest BCUT2D eigenvalue weighted by Crippen LogP contribution is -2.47. The first kappa shape index (κ1) is 12.0. The standard InChI is InChI=1S/C14H16N4O/c19-13(12-3-1-5-15-8-12)7-11-9-18(10-11)14-4-2-6-16-17-14/h1-6,8,11,13,19H,7,9-10H2. The minimum Gasteiger partial charge on any atom is -0.388 e. The predicted octanol–water partition coefficient (Wildman–Crippen LogP) is 1.43. The molecule has 0 aromatic carbocycles. The second-order valence-electron chi connectivity index (χ2n) is 4.89. The number of anilines is 1. The van der Waals surface area contributed by atoms with Crippen molar-refractivity contribution >= 4 is 5.82 Å². The molecule has 0 aliphatic carbocycles. The second kappa shape index (κ2) is 5.32. The summed E-state index contributed by atoms with van der Waals surface area (Å²) < 4.78 is 0. The number of aliphatic hydroxyl groups is 1. The van der Waals surface area contributed by atoms with E-state index in [1.807, 2.05) is 24.3 Å². The molecule has 0 bridgehead atoms. The zero-order valence-electron chi connectivity index (χ0n) is 10.6. The van der Waals surface area contributed by atoms with E-state index in [4.69, 9.17) is 0 Å². The van der Waals surface area contributed by atoms with Crippen molar-refractivity contribution in [1.82, 2.24) is 15.2 Å². The summed E-state index contributed by atoms with van der Waals surface area (Å²) in [5, 5.41) is 18.1. The van der Waals surface area contributed by atoms with Crippen LogP contribution < -0.4 is 4.90 Å². The summed E-state index contributed by atoms with van der Waals surface area (Å²) in [6.45, 7) is 1.85. The molecule has 19 heavy (non-hydrogen) atoms. The fourth-order valence-electron chi connectivity index (χ4n) is 2.39. The fraction of sp³-hybridized carbons (Fsp3) is 0.357.